The first-order valence-corrected chi connectivity index (χ1v) is 6.14. The highest BCUT2D eigenvalue weighted by Crippen LogP contribution is 2.23. The number of hydrogen-bond acceptors (Lipinski definition) is 5. The van der Waals surface area contributed by atoms with Gasteiger partial charge in [-0.05, 0) is 0 Å². The van der Waals surface area contributed by atoms with Crippen LogP contribution in [0, 0.1) is 5.95 Å². The average molecular weight is 277 g/mol. The molecule has 1 N–H and O–H groups in total. The second-order valence-electron chi connectivity index (χ2n) is 4.48. The Morgan fingerprint density at radius 1 is 1.20 bits per heavy atom. The van der Waals surface area contributed by atoms with Gasteiger partial charge in [-0.15, -0.1) is 0 Å². The van der Waals surface area contributed by atoms with E-state index in [4.69, 9.17) is 5.11 Å². The predicted octanol–water partition coefficient (Wildman–Crippen LogP) is 0.964. The van der Waals surface area contributed by atoms with Crippen molar-refractivity contribution in [2.75, 3.05) is 31.1 Å². The van der Waals surface area contributed by atoms with Gasteiger partial charge >= 0.3 is 6.09 Å². The minimum atomic E-state index is -0.924. The van der Waals surface area contributed by atoms with Crippen molar-refractivity contribution in [3.8, 4) is 0 Å². The smallest absolute Gasteiger partial charge is 0.407 e. The molecule has 0 radical (unpaired) electrons. The average Bonchev–Trinajstić information content (AvgIpc) is 2.46. The highest BCUT2D eigenvalue weighted by molar-refractivity contribution is 5.88. The van der Waals surface area contributed by atoms with Gasteiger partial charge in [0.15, 0.2) is 0 Å². The zero-order valence-electron chi connectivity index (χ0n) is 10.5. The Morgan fingerprint density at radius 2 is 1.95 bits per heavy atom. The fourth-order valence-corrected chi connectivity index (χ4v) is 2.28. The largest absolute Gasteiger partial charge is 0.465 e. The van der Waals surface area contributed by atoms with Crippen molar-refractivity contribution in [1.29, 1.82) is 0 Å². The van der Waals surface area contributed by atoms with Crippen molar-refractivity contribution >= 4 is 22.8 Å². The van der Waals surface area contributed by atoms with Gasteiger partial charge in [0.05, 0.1) is 11.7 Å². The van der Waals surface area contributed by atoms with Gasteiger partial charge in [0.1, 0.15) is 12.1 Å². The molecule has 0 aromatic carbocycles. The molecule has 8 heteroatoms. The topological polar surface area (TPSA) is 82.5 Å². The van der Waals surface area contributed by atoms with Gasteiger partial charge in [0.25, 0.3) is 0 Å². The highest BCUT2D eigenvalue weighted by atomic mass is 19.1. The van der Waals surface area contributed by atoms with Gasteiger partial charge < -0.3 is 14.9 Å². The van der Waals surface area contributed by atoms with Crippen molar-refractivity contribution in [2.24, 2.45) is 0 Å². The summed E-state index contributed by atoms with van der Waals surface area (Å²) >= 11 is 0. The number of carbonyl (C=O) groups is 1. The number of halogens is 1. The molecule has 1 saturated heterocycles. The second-order valence-corrected chi connectivity index (χ2v) is 4.48. The molecular weight excluding hydrogens is 265 g/mol. The number of nitrogens with zero attached hydrogens (tertiary/aromatic N) is 5. The number of amides is 1. The van der Waals surface area contributed by atoms with Crippen LogP contribution in [0.4, 0.5) is 15.0 Å². The van der Waals surface area contributed by atoms with Crippen LogP contribution < -0.4 is 4.90 Å². The molecular formula is C12H12FN5O2. The third-order valence-electron chi connectivity index (χ3n) is 3.32. The Morgan fingerprint density at radius 3 is 2.65 bits per heavy atom. The third kappa shape index (κ3) is 2.20. The molecule has 1 amide bonds. The zero-order valence-corrected chi connectivity index (χ0v) is 10.5. The number of fused-ring (bicyclic) bond motifs is 1. The lowest BCUT2D eigenvalue weighted by Gasteiger charge is -2.34. The molecule has 0 saturated carbocycles. The molecule has 0 spiro atoms. The van der Waals surface area contributed by atoms with Crippen LogP contribution in [-0.4, -0.2) is 57.2 Å². The summed E-state index contributed by atoms with van der Waals surface area (Å²) in [7, 11) is 0. The van der Waals surface area contributed by atoms with Gasteiger partial charge in [0.2, 0.25) is 5.95 Å². The first-order valence-electron chi connectivity index (χ1n) is 6.14. The molecule has 0 bridgehead atoms. The SMILES string of the molecule is O=C(O)N1CCN(c2ncnc3cnc(F)cc23)CC1. The maximum atomic E-state index is 13.3. The number of carboxylic acid groups (broad SMARTS) is 1. The molecule has 1 fully saturated rings. The Balaban J connectivity index is 1.91. The number of piperazine rings is 1. The summed E-state index contributed by atoms with van der Waals surface area (Å²) < 4.78 is 13.3. The van der Waals surface area contributed by atoms with Crippen LogP contribution in [0.2, 0.25) is 0 Å². The minimum Gasteiger partial charge on any atom is -0.465 e. The van der Waals surface area contributed by atoms with E-state index in [1.54, 1.807) is 0 Å². The van der Waals surface area contributed by atoms with Crippen LogP contribution in [0.15, 0.2) is 18.6 Å². The van der Waals surface area contributed by atoms with Crippen LogP contribution in [-0.2, 0) is 0 Å². The molecule has 2 aromatic rings. The second kappa shape index (κ2) is 4.87. The molecule has 3 heterocycles. The van der Waals surface area contributed by atoms with Crippen molar-refractivity contribution < 1.29 is 14.3 Å². The van der Waals surface area contributed by atoms with Crippen molar-refractivity contribution in [1.82, 2.24) is 19.9 Å². The molecule has 1 aliphatic rings. The van der Waals surface area contributed by atoms with E-state index >= 15 is 0 Å². The molecule has 0 aliphatic carbocycles. The Kier molecular flexibility index (Phi) is 3.05. The van der Waals surface area contributed by atoms with Crippen LogP contribution in [0.5, 0.6) is 0 Å². The van der Waals surface area contributed by atoms with Crippen molar-refractivity contribution in [3.63, 3.8) is 0 Å². The highest BCUT2D eigenvalue weighted by Gasteiger charge is 2.22. The van der Waals surface area contributed by atoms with Crippen molar-refractivity contribution in [2.45, 2.75) is 0 Å². The Labute approximate surface area is 113 Å². The Bertz CT molecular complexity index is 657. The van der Waals surface area contributed by atoms with Crippen LogP contribution in [0.3, 0.4) is 0 Å². The maximum absolute atomic E-state index is 13.3. The van der Waals surface area contributed by atoms with E-state index in [1.165, 1.54) is 23.5 Å². The summed E-state index contributed by atoms with van der Waals surface area (Å²) in [5, 5.41) is 9.51. The Hall–Kier alpha value is -2.51. The van der Waals surface area contributed by atoms with Gasteiger partial charge in [-0.1, -0.05) is 0 Å². The summed E-state index contributed by atoms with van der Waals surface area (Å²) in [5.41, 5.74) is 0.567. The summed E-state index contributed by atoms with van der Waals surface area (Å²) in [5.74, 6) is 0.0269. The lowest BCUT2D eigenvalue weighted by atomic mass is 10.2. The van der Waals surface area contributed by atoms with E-state index in [1.807, 2.05) is 4.90 Å². The first kappa shape index (κ1) is 12.5. The van der Waals surface area contributed by atoms with E-state index in [2.05, 4.69) is 15.0 Å². The maximum Gasteiger partial charge on any atom is 0.407 e. The quantitative estimate of drug-likeness (QED) is 0.782. The van der Waals surface area contributed by atoms with E-state index in [9.17, 15) is 9.18 Å². The lowest BCUT2D eigenvalue weighted by Crippen LogP contribution is -2.48. The number of pyridine rings is 1. The van der Waals surface area contributed by atoms with Gasteiger partial charge in [-0.2, -0.15) is 4.39 Å². The number of rotatable bonds is 1. The van der Waals surface area contributed by atoms with Crippen LogP contribution in [0.1, 0.15) is 0 Å². The van der Waals surface area contributed by atoms with E-state index in [0.29, 0.717) is 42.9 Å². The zero-order chi connectivity index (χ0) is 14.1. The standard InChI is InChI=1S/C12H12FN5O2/c13-10-5-8-9(6-14-10)15-7-16-11(8)17-1-3-18(4-2-17)12(19)20/h5-7H,1-4H2,(H,19,20). The molecule has 104 valence electrons. The molecule has 1 aliphatic heterocycles. The molecule has 3 rings (SSSR count). The molecule has 0 unspecified atom stereocenters. The number of anilines is 1. The van der Waals surface area contributed by atoms with Crippen LogP contribution >= 0.6 is 0 Å². The van der Waals surface area contributed by atoms with E-state index in [0.717, 1.165) is 0 Å². The molecule has 0 atom stereocenters. The summed E-state index contributed by atoms with van der Waals surface area (Å²) in [6.07, 6.45) is 1.84. The normalized spacial score (nSPS) is 15.7. The monoisotopic (exact) mass is 277 g/mol. The molecule has 7 nitrogen and oxygen atoms in total. The summed E-state index contributed by atoms with van der Waals surface area (Å²) in [6, 6.07) is 1.30. The fraction of sp³-hybridized carbons (Fsp3) is 0.333. The van der Waals surface area contributed by atoms with Crippen molar-refractivity contribution in [3.05, 3.63) is 24.5 Å². The van der Waals surface area contributed by atoms with E-state index in [-0.39, 0.29) is 0 Å². The lowest BCUT2D eigenvalue weighted by molar-refractivity contribution is 0.142. The minimum absolute atomic E-state index is 0.397. The van der Waals surface area contributed by atoms with Gasteiger partial charge in [-0.25, -0.2) is 19.7 Å². The molecule has 20 heavy (non-hydrogen) atoms. The predicted molar refractivity (Wildman–Crippen MR) is 69.1 cm³/mol. The third-order valence-corrected chi connectivity index (χ3v) is 3.32. The summed E-state index contributed by atoms with van der Waals surface area (Å²) in [4.78, 5) is 26.0. The number of aromatic nitrogens is 3. The number of hydrogen-bond donors (Lipinski definition) is 1. The van der Waals surface area contributed by atoms with E-state index < -0.39 is 12.0 Å². The van der Waals surface area contributed by atoms with Gasteiger partial charge in [-0.3, -0.25) is 0 Å². The fourth-order valence-electron chi connectivity index (χ4n) is 2.28. The summed E-state index contributed by atoms with van der Waals surface area (Å²) in [6.45, 7) is 1.83. The van der Waals surface area contributed by atoms with Gasteiger partial charge in [0, 0.05) is 37.6 Å². The van der Waals surface area contributed by atoms with Crippen LogP contribution in [0.25, 0.3) is 10.9 Å². The molecule has 2 aromatic heterocycles. The first-order chi connectivity index (χ1) is 9.65.